The molecule has 0 radical (unpaired) electrons. The first-order chi connectivity index (χ1) is 10.1. The molecular weight excluding hydrogens is 274 g/mol. The van der Waals surface area contributed by atoms with Gasteiger partial charge in [-0.2, -0.15) is 0 Å². The molecule has 3 aromatic rings. The van der Waals surface area contributed by atoms with Gasteiger partial charge in [0.1, 0.15) is 17.3 Å². The monoisotopic (exact) mass is 286 g/mol. The number of para-hydroxylation sites is 1. The van der Waals surface area contributed by atoms with Gasteiger partial charge in [0.25, 0.3) is 5.91 Å². The molecule has 0 aliphatic carbocycles. The molecule has 0 bridgehead atoms. The molecule has 106 valence electrons. The summed E-state index contributed by atoms with van der Waals surface area (Å²) in [5.74, 6) is -1.45. The smallest absolute Gasteiger partial charge is 0.267 e. The third-order valence-corrected chi connectivity index (χ3v) is 3.22. The Balaban J connectivity index is 1.75. The average molecular weight is 286 g/mol. The van der Waals surface area contributed by atoms with Crippen LogP contribution in [-0.2, 0) is 6.54 Å². The van der Waals surface area contributed by atoms with Crippen molar-refractivity contribution in [3.05, 3.63) is 71.4 Å². The van der Waals surface area contributed by atoms with Gasteiger partial charge in [-0.1, -0.05) is 18.2 Å². The molecule has 5 heteroatoms. The number of rotatable bonds is 3. The maximum absolute atomic E-state index is 13.5. The Bertz CT molecular complexity index is 778. The molecule has 0 atom stereocenters. The van der Waals surface area contributed by atoms with Gasteiger partial charge in [0.2, 0.25) is 0 Å². The molecule has 0 saturated heterocycles. The predicted octanol–water partition coefficient (Wildman–Crippen LogP) is 3.38. The fraction of sp³-hybridized carbons (Fsp3) is 0.0625. The van der Waals surface area contributed by atoms with Gasteiger partial charge in [-0.3, -0.25) is 4.79 Å². The van der Waals surface area contributed by atoms with Crippen molar-refractivity contribution in [1.29, 1.82) is 0 Å². The van der Waals surface area contributed by atoms with E-state index >= 15 is 0 Å². The Kier molecular flexibility index (Phi) is 3.39. The van der Waals surface area contributed by atoms with E-state index in [9.17, 15) is 13.6 Å². The van der Waals surface area contributed by atoms with Crippen molar-refractivity contribution in [1.82, 2.24) is 10.3 Å². The number of carbonyl (C=O) groups excluding carboxylic acids is 1. The van der Waals surface area contributed by atoms with Gasteiger partial charge in [0.15, 0.2) is 0 Å². The number of benzene rings is 2. The molecule has 1 aromatic heterocycles. The van der Waals surface area contributed by atoms with Gasteiger partial charge in [0.05, 0.1) is 0 Å². The lowest BCUT2D eigenvalue weighted by atomic mass is 10.2. The number of fused-ring (bicyclic) bond motifs is 1. The lowest BCUT2D eigenvalue weighted by Gasteiger charge is -2.05. The topological polar surface area (TPSA) is 44.9 Å². The number of halogens is 2. The highest BCUT2D eigenvalue weighted by molar-refractivity contribution is 5.97. The van der Waals surface area contributed by atoms with E-state index < -0.39 is 11.6 Å². The van der Waals surface area contributed by atoms with Crippen LogP contribution in [0.3, 0.4) is 0 Å². The fourth-order valence-corrected chi connectivity index (χ4v) is 2.15. The molecule has 3 nitrogen and oxygen atoms in total. The van der Waals surface area contributed by atoms with Crippen LogP contribution in [0.1, 0.15) is 16.1 Å². The Morgan fingerprint density at radius 3 is 2.71 bits per heavy atom. The van der Waals surface area contributed by atoms with Crippen LogP contribution in [0.5, 0.6) is 0 Å². The number of aromatic amines is 1. The molecule has 3 rings (SSSR count). The van der Waals surface area contributed by atoms with Crippen molar-refractivity contribution in [2.75, 3.05) is 0 Å². The lowest BCUT2D eigenvalue weighted by molar-refractivity contribution is 0.0946. The first-order valence-electron chi connectivity index (χ1n) is 6.43. The summed E-state index contributed by atoms with van der Waals surface area (Å²) in [6, 6.07) is 12.3. The zero-order valence-electron chi connectivity index (χ0n) is 11.0. The van der Waals surface area contributed by atoms with E-state index in [-0.39, 0.29) is 18.0 Å². The third-order valence-electron chi connectivity index (χ3n) is 3.22. The standard InChI is InChI=1S/C16H12F2N2O/c17-12-5-6-13(18)11(7-12)9-19-16(21)15-8-10-3-1-2-4-14(10)20-15/h1-8,20H,9H2,(H,19,21). The van der Waals surface area contributed by atoms with E-state index in [0.717, 1.165) is 29.1 Å². The van der Waals surface area contributed by atoms with Crippen LogP contribution in [0.25, 0.3) is 10.9 Å². The second kappa shape index (κ2) is 5.36. The molecule has 0 aliphatic heterocycles. The van der Waals surface area contributed by atoms with Gasteiger partial charge < -0.3 is 10.3 Å². The second-order valence-electron chi connectivity index (χ2n) is 4.69. The molecule has 1 heterocycles. The van der Waals surface area contributed by atoms with Gasteiger partial charge in [-0.25, -0.2) is 8.78 Å². The Morgan fingerprint density at radius 1 is 1.10 bits per heavy atom. The second-order valence-corrected chi connectivity index (χ2v) is 4.69. The Labute approximate surface area is 119 Å². The minimum atomic E-state index is -0.548. The number of carbonyl (C=O) groups is 1. The highest BCUT2D eigenvalue weighted by Gasteiger charge is 2.10. The summed E-state index contributed by atoms with van der Waals surface area (Å²) in [5.41, 5.74) is 1.34. The van der Waals surface area contributed by atoms with Crippen LogP contribution in [0.15, 0.2) is 48.5 Å². The minimum Gasteiger partial charge on any atom is -0.351 e. The zero-order valence-corrected chi connectivity index (χ0v) is 11.0. The number of hydrogen-bond donors (Lipinski definition) is 2. The molecule has 0 unspecified atom stereocenters. The summed E-state index contributed by atoms with van der Waals surface area (Å²) >= 11 is 0. The maximum atomic E-state index is 13.5. The first kappa shape index (κ1) is 13.3. The quantitative estimate of drug-likeness (QED) is 0.761. The van der Waals surface area contributed by atoms with Crippen LogP contribution in [0.2, 0.25) is 0 Å². The van der Waals surface area contributed by atoms with Gasteiger partial charge in [-0.05, 0) is 30.3 Å². The number of H-pyrrole nitrogens is 1. The zero-order chi connectivity index (χ0) is 14.8. The summed E-state index contributed by atoms with van der Waals surface area (Å²) in [6.45, 7) is -0.0716. The molecule has 0 fully saturated rings. The molecule has 21 heavy (non-hydrogen) atoms. The summed E-state index contributed by atoms with van der Waals surface area (Å²) in [5, 5.41) is 3.48. The van der Waals surface area contributed by atoms with E-state index in [1.54, 1.807) is 6.07 Å². The summed E-state index contributed by atoms with van der Waals surface area (Å²) in [6.07, 6.45) is 0. The Hall–Kier alpha value is -2.69. The number of hydrogen-bond acceptors (Lipinski definition) is 1. The van der Waals surface area contributed by atoms with Crippen molar-refractivity contribution < 1.29 is 13.6 Å². The fourth-order valence-electron chi connectivity index (χ4n) is 2.15. The number of amides is 1. The van der Waals surface area contributed by atoms with Crippen molar-refractivity contribution in [3.8, 4) is 0 Å². The normalized spacial score (nSPS) is 10.8. The lowest BCUT2D eigenvalue weighted by Crippen LogP contribution is -2.23. The molecule has 0 aliphatic rings. The van der Waals surface area contributed by atoms with Crippen LogP contribution >= 0.6 is 0 Å². The van der Waals surface area contributed by atoms with Crippen LogP contribution in [0.4, 0.5) is 8.78 Å². The average Bonchev–Trinajstić information content (AvgIpc) is 2.92. The van der Waals surface area contributed by atoms with Crippen molar-refractivity contribution in [2.45, 2.75) is 6.54 Å². The minimum absolute atomic E-state index is 0.0716. The van der Waals surface area contributed by atoms with Gasteiger partial charge in [-0.15, -0.1) is 0 Å². The maximum Gasteiger partial charge on any atom is 0.267 e. The molecule has 2 N–H and O–H groups in total. The van der Waals surface area contributed by atoms with Gasteiger partial charge in [0, 0.05) is 23.0 Å². The number of aromatic nitrogens is 1. The van der Waals surface area contributed by atoms with Gasteiger partial charge >= 0.3 is 0 Å². The van der Waals surface area contributed by atoms with Crippen LogP contribution in [-0.4, -0.2) is 10.9 Å². The molecule has 1 amide bonds. The Morgan fingerprint density at radius 2 is 1.90 bits per heavy atom. The highest BCUT2D eigenvalue weighted by Crippen LogP contribution is 2.15. The molecule has 0 spiro atoms. The molecule has 0 saturated carbocycles. The third kappa shape index (κ3) is 2.76. The molecular formula is C16H12F2N2O. The van der Waals surface area contributed by atoms with E-state index in [4.69, 9.17) is 0 Å². The van der Waals surface area contributed by atoms with E-state index in [1.165, 1.54) is 0 Å². The van der Waals surface area contributed by atoms with Crippen molar-refractivity contribution in [3.63, 3.8) is 0 Å². The SMILES string of the molecule is O=C(NCc1cc(F)ccc1F)c1cc2ccccc2[nH]1. The number of nitrogens with one attached hydrogen (secondary N) is 2. The molecule has 2 aromatic carbocycles. The van der Waals surface area contributed by atoms with Crippen LogP contribution in [0, 0.1) is 11.6 Å². The van der Waals surface area contributed by atoms with Crippen molar-refractivity contribution in [2.24, 2.45) is 0 Å². The highest BCUT2D eigenvalue weighted by atomic mass is 19.1. The first-order valence-corrected chi connectivity index (χ1v) is 6.43. The summed E-state index contributed by atoms with van der Waals surface area (Å²) in [4.78, 5) is 15.0. The summed E-state index contributed by atoms with van der Waals surface area (Å²) in [7, 11) is 0. The van der Waals surface area contributed by atoms with Crippen LogP contribution < -0.4 is 5.32 Å². The summed E-state index contributed by atoms with van der Waals surface area (Å²) < 4.78 is 26.5. The van der Waals surface area contributed by atoms with E-state index in [1.807, 2.05) is 24.3 Å². The predicted molar refractivity (Wildman–Crippen MR) is 75.8 cm³/mol. The van der Waals surface area contributed by atoms with Crippen molar-refractivity contribution >= 4 is 16.8 Å². The largest absolute Gasteiger partial charge is 0.351 e. The van der Waals surface area contributed by atoms with E-state index in [0.29, 0.717) is 5.69 Å². The van der Waals surface area contributed by atoms with E-state index in [2.05, 4.69) is 10.3 Å².